The van der Waals surface area contributed by atoms with E-state index in [1.54, 1.807) is 12.1 Å². The molecule has 2 aliphatic heterocycles. The van der Waals surface area contributed by atoms with Gasteiger partial charge >= 0.3 is 0 Å². The summed E-state index contributed by atoms with van der Waals surface area (Å²) in [5.74, 6) is -1.04. The summed E-state index contributed by atoms with van der Waals surface area (Å²) in [5, 5.41) is 13.7. The molecule has 2 aromatic carbocycles. The smallest absolute Gasteiger partial charge is 0.237 e. The minimum atomic E-state index is -0.765. The molecule has 176 valence electrons. The van der Waals surface area contributed by atoms with Gasteiger partial charge in [-0.2, -0.15) is 10.2 Å². The fourth-order valence-corrected chi connectivity index (χ4v) is 4.98. The Labute approximate surface area is 198 Å². The van der Waals surface area contributed by atoms with E-state index < -0.39 is 10.8 Å². The zero-order valence-corrected chi connectivity index (χ0v) is 19.4. The number of carbonyl (C=O) groups is 4. The second-order valence-corrected chi connectivity index (χ2v) is 8.93. The van der Waals surface area contributed by atoms with Gasteiger partial charge in [-0.15, -0.1) is 0 Å². The Balaban J connectivity index is 1.61. The Morgan fingerprint density at radius 3 is 1.47 bits per heavy atom. The number of benzene rings is 2. The van der Waals surface area contributed by atoms with E-state index in [1.807, 2.05) is 50.2 Å². The molecule has 2 atom stereocenters. The fraction of sp³-hybridized carbons (Fsp3) is 0.385. The van der Waals surface area contributed by atoms with Gasteiger partial charge in [0.2, 0.25) is 23.6 Å². The lowest BCUT2D eigenvalue weighted by Crippen LogP contribution is -2.51. The highest BCUT2D eigenvalue weighted by Crippen LogP contribution is 2.39. The van der Waals surface area contributed by atoms with Crippen molar-refractivity contribution in [1.82, 2.24) is 10.6 Å². The Kier molecular flexibility index (Phi) is 6.41. The largest absolute Gasteiger partial charge is 0.296 e. The lowest BCUT2D eigenvalue weighted by Gasteiger charge is -2.35. The number of rotatable bonds is 6. The van der Waals surface area contributed by atoms with Gasteiger partial charge < -0.3 is 0 Å². The number of hydrogen-bond acceptors (Lipinski definition) is 6. The average Bonchev–Trinajstić information content (AvgIpc) is 2.84. The monoisotopic (exact) mass is 460 g/mol. The van der Waals surface area contributed by atoms with Crippen LogP contribution in [0.5, 0.6) is 0 Å². The summed E-state index contributed by atoms with van der Waals surface area (Å²) in [5.41, 5.74) is 1.26. The summed E-state index contributed by atoms with van der Waals surface area (Å²) < 4.78 is 0. The fourth-order valence-electron chi connectivity index (χ4n) is 4.98. The molecule has 2 heterocycles. The summed E-state index contributed by atoms with van der Waals surface area (Å²) in [7, 11) is 0. The molecular formula is C26H28N4O4. The van der Waals surface area contributed by atoms with Crippen molar-refractivity contribution < 1.29 is 19.2 Å². The van der Waals surface area contributed by atoms with Crippen LogP contribution in [0.1, 0.15) is 63.5 Å². The normalized spacial score (nSPS) is 25.4. The number of carbonyl (C=O) groups excluding carboxylic acids is 4. The van der Waals surface area contributed by atoms with Crippen LogP contribution in [0, 0.1) is 0 Å². The molecule has 8 heteroatoms. The molecule has 4 rings (SSSR count). The van der Waals surface area contributed by atoms with Crippen molar-refractivity contribution in [3.63, 3.8) is 0 Å². The zero-order valence-electron chi connectivity index (χ0n) is 19.4. The standard InChI is InChI=1S/C26H28N4O4/c1-3-25(13-11-21(31)27-23(25)33)17-7-5-9-19(15-17)29-30-20-10-6-8-18(16-20)26(4-2)14-12-22(32)28-24(26)34/h5-10,15-16H,3-4,11-14H2,1-2H3,(H,27,31,33)(H,28,32,34). The maximum absolute atomic E-state index is 12.7. The molecule has 34 heavy (non-hydrogen) atoms. The van der Waals surface area contributed by atoms with E-state index in [4.69, 9.17) is 0 Å². The van der Waals surface area contributed by atoms with Crippen LogP contribution in [0.15, 0.2) is 58.8 Å². The van der Waals surface area contributed by atoms with Gasteiger partial charge in [-0.05, 0) is 61.1 Å². The van der Waals surface area contributed by atoms with Crippen molar-refractivity contribution >= 4 is 35.0 Å². The average molecular weight is 461 g/mol. The summed E-state index contributed by atoms with van der Waals surface area (Å²) in [6, 6.07) is 14.7. The summed E-state index contributed by atoms with van der Waals surface area (Å²) >= 11 is 0. The highest BCUT2D eigenvalue weighted by Gasteiger charge is 2.43. The number of azo groups is 1. The highest BCUT2D eigenvalue weighted by atomic mass is 16.2. The van der Waals surface area contributed by atoms with Crippen LogP contribution < -0.4 is 10.6 Å². The molecular weight excluding hydrogens is 432 g/mol. The first-order chi connectivity index (χ1) is 16.3. The molecule has 0 radical (unpaired) electrons. The van der Waals surface area contributed by atoms with Crippen LogP contribution in [-0.4, -0.2) is 23.6 Å². The van der Waals surface area contributed by atoms with Crippen molar-refractivity contribution in [3.05, 3.63) is 59.7 Å². The SMILES string of the molecule is CCC1(c2cccc(N=Nc3cccc(C4(CC)CCC(=O)NC4=O)c3)c2)CCC(=O)NC1=O. The molecule has 2 unspecified atom stereocenters. The van der Waals surface area contributed by atoms with Crippen LogP contribution in [0.3, 0.4) is 0 Å². The van der Waals surface area contributed by atoms with E-state index in [-0.39, 0.29) is 23.6 Å². The van der Waals surface area contributed by atoms with Gasteiger partial charge in [0.1, 0.15) is 0 Å². The predicted molar refractivity (Wildman–Crippen MR) is 126 cm³/mol. The highest BCUT2D eigenvalue weighted by molar-refractivity contribution is 6.04. The van der Waals surface area contributed by atoms with E-state index in [0.717, 1.165) is 11.1 Å². The van der Waals surface area contributed by atoms with Gasteiger partial charge in [0.05, 0.1) is 22.2 Å². The Bertz CT molecular complexity index is 1100. The number of hydrogen-bond donors (Lipinski definition) is 2. The first-order valence-corrected chi connectivity index (χ1v) is 11.6. The Hall–Kier alpha value is -3.68. The molecule has 0 saturated carbocycles. The van der Waals surface area contributed by atoms with Crippen molar-refractivity contribution in [2.24, 2.45) is 10.2 Å². The number of nitrogens with one attached hydrogen (secondary N) is 2. The molecule has 2 aromatic rings. The van der Waals surface area contributed by atoms with Crippen LogP contribution in [0.4, 0.5) is 11.4 Å². The van der Waals surface area contributed by atoms with E-state index in [1.165, 1.54) is 0 Å². The Morgan fingerprint density at radius 2 is 1.12 bits per heavy atom. The number of nitrogens with zero attached hydrogens (tertiary/aromatic N) is 2. The molecule has 4 amide bonds. The molecule has 2 N–H and O–H groups in total. The second kappa shape index (κ2) is 9.29. The molecule has 0 bridgehead atoms. The third-order valence-corrected chi connectivity index (χ3v) is 7.22. The van der Waals surface area contributed by atoms with Crippen molar-refractivity contribution in [1.29, 1.82) is 0 Å². The molecule has 0 aromatic heterocycles. The molecule has 2 aliphatic rings. The zero-order chi connectivity index (χ0) is 24.3. The van der Waals surface area contributed by atoms with E-state index >= 15 is 0 Å². The quantitative estimate of drug-likeness (QED) is 0.494. The molecule has 2 saturated heterocycles. The van der Waals surface area contributed by atoms with Crippen molar-refractivity contribution in [2.75, 3.05) is 0 Å². The third kappa shape index (κ3) is 4.16. The van der Waals surface area contributed by atoms with E-state index in [0.29, 0.717) is 49.9 Å². The predicted octanol–water partition coefficient (Wildman–Crippen LogP) is 4.27. The van der Waals surface area contributed by atoms with Crippen LogP contribution in [-0.2, 0) is 30.0 Å². The molecule has 2 fully saturated rings. The number of piperidine rings is 2. The van der Waals surface area contributed by atoms with Gasteiger partial charge in [-0.1, -0.05) is 38.1 Å². The molecule has 8 nitrogen and oxygen atoms in total. The topological polar surface area (TPSA) is 117 Å². The van der Waals surface area contributed by atoms with E-state index in [2.05, 4.69) is 20.9 Å². The molecule has 0 spiro atoms. The van der Waals surface area contributed by atoms with Crippen LogP contribution >= 0.6 is 0 Å². The number of imide groups is 2. The van der Waals surface area contributed by atoms with Crippen LogP contribution in [0.2, 0.25) is 0 Å². The summed E-state index contributed by atoms with van der Waals surface area (Å²) in [6.07, 6.45) is 2.66. The van der Waals surface area contributed by atoms with Gasteiger partial charge in [-0.25, -0.2) is 0 Å². The maximum atomic E-state index is 12.7. The summed E-state index contributed by atoms with van der Waals surface area (Å²) in [4.78, 5) is 48.7. The van der Waals surface area contributed by atoms with Gasteiger partial charge in [0.15, 0.2) is 0 Å². The second-order valence-electron chi connectivity index (χ2n) is 8.93. The van der Waals surface area contributed by atoms with Crippen molar-refractivity contribution in [2.45, 2.75) is 63.2 Å². The lowest BCUT2D eigenvalue weighted by molar-refractivity contribution is -0.139. The minimum Gasteiger partial charge on any atom is -0.296 e. The van der Waals surface area contributed by atoms with Crippen molar-refractivity contribution in [3.8, 4) is 0 Å². The first-order valence-electron chi connectivity index (χ1n) is 11.6. The molecule has 0 aliphatic carbocycles. The first kappa shape index (κ1) is 23.5. The van der Waals surface area contributed by atoms with Gasteiger partial charge in [0, 0.05) is 12.8 Å². The van der Waals surface area contributed by atoms with Gasteiger partial charge in [-0.3, -0.25) is 29.8 Å². The van der Waals surface area contributed by atoms with Gasteiger partial charge in [0.25, 0.3) is 0 Å². The minimum absolute atomic E-state index is 0.245. The summed E-state index contributed by atoms with van der Waals surface area (Å²) in [6.45, 7) is 3.88. The van der Waals surface area contributed by atoms with E-state index in [9.17, 15) is 19.2 Å². The van der Waals surface area contributed by atoms with Crippen LogP contribution in [0.25, 0.3) is 0 Å². The lowest BCUT2D eigenvalue weighted by atomic mass is 9.72. The number of amides is 4. The third-order valence-electron chi connectivity index (χ3n) is 7.22. The Morgan fingerprint density at radius 1 is 0.706 bits per heavy atom. The maximum Gasteiger partial charge on any atom is 0.237 e.